The first-order valence-corrected chi connectivity index (χ1v) is 11.0. The lowest BCUT2D eigenvalue weighted by molar-refractivity contribution is -0.137. The number of amides is 1. The standard InChI is InChI=1S/C19H25NO6S/c1-25-19(22)14-6-8-17(9-7-14)26-12-18(21)20(15-4-2-3-5-15)16-10-11-27(23,24)13-16/h6-9,15-16H,2-5,10-13H2,1H3/t16-/m1/s1. The van der Waals surface area contributed by atoms with Gasteiger partial charge in [0.05, 0.1) is 24.2 Å². The van der Waals surface area contributed by atoms with Crippen LogP contribution in [0.2, 0.25) is 0 Å². The number of hydrogen-bond acceptors (Lipinski definition) is 6. The summed E-state index contributed by atoms with van der Waals surface area (Å²) in [5, 5.41) is 0. The third-order valence-corrected chi connectivity index (χ3v) is 7.00. The van der Waals surface area contributed by atoms with Crippen LogP contribution in [0.4, 0.5) is 0 Å². The molecule has 1 heterocycles. The zero-order valence-electron chi connectivity index (χ0n) is 15.4. The van der Waals surface area contributed by atoms with Crippen molar-refractivity contribution in [1.29, 1.82) is 0 Å². The number of esters is 1. The lowest BCUT2D eigenvalue weighted by atomic mass is 10.1. The Balaban J connectivity index is 1.65. The van der Waals surface area contributed by atoms with Crippen molar-refractivity contribution in [3.05, 3.63) is 29.8 Å². The van der Waals surface area contributed by atoms with Gasteiger partial charge in [-0.25, -0.2) is 13.2 Å². The highest BCUT2D eigenvalue weighted by Gasteiger charge is 2.39. The van der Waals surface area contributed by atoms with Gasteiger partial charge in [-0.3, -0.25) is 4.79 Å². The zero-order valence-corrected chi connectivity index (χ0v) is 16.2. The number of carbonyl (C=O) groups is 2. The molecule has 0 bridgehead atoms. The highest BCUT2D eigenvalue weighted by molar-refractivity contribution is 7.91. The number of rotatable bonds is 6. The van der Waals surface area contributed by atoms with E-state index in [0.717, 1.165) is 25.7 Å². The fourth-order valence-electron chi connectivity index (χ4n) is 3.91. The summed E-state index contributed by atoms with van der Waals surface area (Å²) < 4.78 is 34.0. The minimum Gasteiger partial charge on any atom is -0.484 e. The van der Waals surface area contributed by atoms with E-state index in [-0.39, 0.29) is 36.1 Å². The van der Waals surface area contributed by atoms with Crippen LogP contribution in [0.3, 0.4) is 0 Å². The van der Waals surface area contributed by atoms with E-state index in [1.54, 1.807) is 29.2 Å². The lowest BCUT2D eigenvalue weighted by Gasteiger charge is -2.34. The van der Waals surface area contributed by atoms with Crippen LogP contribution < -0.4 is 4.74 Å². The van der Waals surface area contributed by atoms with E-state index < -0.39 is 15.8 Å². The Morgan fingerprint density at radius 1 is 1.07 bits per heavy atom. The Labute approximate surface area is 159 Å². The smallest absolute Gasteiger partial charge is 0.337 e. The van der Waals surface area contributed by atoms with E-state index in [9.17, 15) is 18.0 Å². The number of ether oxygens (including phenoxy) is 2. The number of carbonyl (C=O) groups excluding carboxylic acids is 2. The van der Waals surface area contributed by atoms with Crippen LogP contribution in [0.25, 0.3) is 0 Å². The van der Waals surface area contributed by atoms with Crippen molar-refractivity contribution in [1.82, 2.24) is 4.90 Å². The number of benzene rings is 1. The molecule has 0 spiro atoms. The van der Waals surface area contributed by atoms with Gasteiger partial charge in [0.2, 0.25) is 0 Å². The normalized spacial score (nSPS) is 21.7. The van der Waals surface area contributed by atoms with Crippen molar-refractivity contribution < 1.29 is 27.5 Å². The first kappa shape index (κ1) is 19.7. The van der Waals surface area contributed by atoms with Crippen LogP contribution >= 0.6 is 0 Å². The van der Waals surface area contributed by atoms with Crippen molar-refractivity contribution in [2.24, 2.45) is 0 Å². The minimum absolute atomic E-state index is 0.0447. The summed E-state index contributed by atoms with van der Waals surface area (Å²) in [7, 11) is -1.75. The maximum atomic E-state index is 12.9. The highest BCUT2D eigenvalue weighted by atomic mass is 32.2. The van der Waals surface area contributed by atoms with Crippen molar-refractivity contribution in [2.75, 3.05) is 25.2 Å². The van der Waals surface area contributed by atoms with Gasteiger partial charge < -0.3 is 14.4 Å². The molecule has 0 N–H and O–H groups in total. The van der Waals surface area contributed by atoms with Crippen molar-refractivity contribution >= 4 is 21.7 Å². The van der Waals surface area contributed by atoms with Crippen molar-refractivity contribution in [3.8, 4) is 5.75 Å². The number of methoxy groups -OCH3 is 1. The molecule has 1 aromatic carbocycles. The van der Waals surface area contributed by atoms with Gasteiger partial charge in [0.15, 0.2) is 16.4 Å². The van der Waals surface area contributed by atoms with E-state index in [1.165, 1.54) is 7.11 Å². The summed E-state index contributed by atoms with van der Waals surface area (Å²) in [6.45, 7) is -0.148. The van der Waals surface area contributed by atoms with Gasteiger partial charge in [-0.15, -0.1) is 0 Å². The van der Waals surface area contributed by atoms with Crippen LogP contribution in [-0.4, -0.2) is 62.5 Å². The second kappa shape index (κ2) is 8.29. The largest absolute Gasteiger partial charge is 0.484 e. The fraction of sp³-hybridized carbons (Fsp3) is 0.579. The molecule has 2 aliphatic rings. The molecule has 3 rings (SSSR count). The van der Waals surface area contributed by atoms with Crippen LogP contribution in [0, 0.1) is 0 Å². The number of nitrogens with zero attached hydrogens (tertiary/aromatic N) is 1. The summed E-state index contributed by atoms with van der Waals surface area (Å²) >= 11 is 0. The van der Waals surface area contributed by atoms with E-state index in [2.05, 4.69) is 4.74 Å². The molecule has 1 aliphatic heterocycles. The first-order valence-electron chi connectivity index (χ1n) is 9.22. The van der Waals surface area contributed by atoms with Crippen molar-refractivity contribution in [2.45, 2.75) is 44.2 Å². The third kappa shape index (κ3) is 4.80. The van der Waals surface area contributed by atoms with Gasteiger partial charge in [0.25, 0.3) is 5.91 Å². The summed E-state index contributed by atoms with van der Waals surface area (Å²) in [5.41, 5.74) is 0.403. The molecule has 1 saturated heterocycles. The molecule has 148 valence electrons. The minimum atomic E-state index is -3.06. The Kier molecular flexibility index (Phi) is 6.04. The number of sulfone groups is 1. The maximum absolute atomic E-state index is 12.9. The van der Waals surface area contributed by atoms with Gasteiger partial charge in [-0.1, -0.05) is 12.8 Å². The second-order valence-electron chi connectivity index (χ2n) is 7.10. The Morgan fingerprint density at radius 3 is 2.30 bits per heavy atom. The molecular formula is C19H25NO6S. The maximum Gasteiger partial charge on any atom is 0.337 e. The van der Waals surface area contributed by atoms with Crippen LogP contribution in [-0.2, 0) is 19.4 Å². The molecule has 1 aliphatic carbocycles. The van der Waals surface area contributed by atoms with Gasteiger partial charge in [-0.05, 0) is 43.5 Å². The Hall–Kier alpha value is -2.09. The zero-order chi connectivity index (χ0) is 19.4. The van der Waals surface area contributed by atoms with Gasteiger partial charge >= 0.3 is 5.97 Å². The molecule has 1 saturated carbocycles. The average molecular weight is 395 g/mol. The third-order valence-electron chi connectivity index (χ3n) is 5.25. The van der Waals surface area contributed by atoms with Crippen molar-refractivity contribution in [3.63, 3.8) is 0 Å². The first-order chi connectivity index (χ1) is 12.9. The molecule has 2 fully saturated rings. The van der Waals surface area contributed by atoms with Gasteiger partial charge in [-0.2, -0.15) is 0 Å². The van der Waals surface area contributed by atoms with E-state index in [0.29, 0.717) is 17.7 Å². The summed E-state index contributed by atoms with van der Waals surface area (Å²) in [5.74, 6) is 0.0440. The highest BCUT2D eigenvalue weighted by Crippen LogP contribution is 2.29. The molecule has 1 amide bonds. The van der Waals surface area contributed by atoms with Crippen LogP contribution in [0.5, 0.6) is 5.75 Å². The van der Waals surface area contributed by atoms with Gasteiger partial charge in [0.1, 0.15) is 5.75 Å². The summed E-state index contributed by atoms with van der Waals surface area (Å²) in [6.07, 6.45) is 4.44. The second-order valence-corrected chi connectivity index (χ2v) is 9.33. The predicted molar refractivity (Wildman–Crippen MR) is 99.4 cm³/mol. The summed E-state index contributed by atoms with van der Waals surface area (Å²) in [6, 6.07) is 6.21. The van der Waals surface area contributed by atoms with Crippen LogP contribution in [0.1, 0.15) is 42.5 Å². The fourth-order valence-corrected chi connectivity index (χ4v) is 5.62. The topological polar surface area (TPSA) is 90.0 Å². The molecule has 1 aromatic rings. The Bertz CT molecular complexity index is 783. The molecule has 27 heavy (non-hydrogen) atoms. The average Bonchev–Trinajstić information content (AvgIpc) is 3.30. The SMILES string of the molecule is COC(=O)c1ccc(OCC(=O)N(C2CCCC2)[C@@H]2CCS(=O)(=O)C2)cc1. The van der Waals surface area contributed by atoms with Crippen LogP contribution in [0.15, 0.2) is 24.3 Å². The predicted octanol–water partition coefficient (Wildman–Crippen LogP) is 1.81. The number of hydrogen-bond donors (Lipinski definition) is 0. The van der Waals surface area contributed by atoms with E-state index >= 15 is 0 Å². The van der Waals surface area contributed by atoms with E-state index in [4.69, 9.17) is 4.74 Å². The molecule has 7 nitrogen and oxygen atoms in total. The van der Waals surface area contributed by atoms with E-state index in [1.807, 2.05) is 0 Å². The molecule has 0 unspecified atom stereocenters. The molecule has 0 aromatic heterocycles. The molecular weight excluding hydrogens is 370 g/mol. The molecule has 8 heteroatoms. The Morgan fingerprint density at radius 2 is 1.74 bits per heavy atom. The molecule has 0 radical (unpaired) electrons. The monoisotopic (exact) mass is 395 g/mol. The molecule has 1 atom stereocenters. The van der Waals surface area contributed by atoms with Gasteiger partial charge in [0, 0.05) is 12.1 Å². The quantitative estimate of drug-likeness (QED) is 0.683. The summed E-state index contributed by atoms with van der Waals surface area (Å²) in [4.78, 5) is 26.1. The lowest BCUT2D eigenvalue weighted by Crippen LogP contribution is -2.48.